The summed E-state index contributed by atoms with van der Waals surface area (Å²) in [5.41, 5.74) is 6.17. The van der Waals surface area contributed by atoms with Crippen LogP contribution in [0, 0.1) is 5.92 Å². The van der Waals surface area contributed by atoms with Crippen LogP contribution >= 0.6 is 0 Å². The summed E-state index contributed by atoms with van der Waals surface area (Å²) < 4.78 is 5.35. The molecule has 1 aliphatic carbocycles. The van der Waals surface area contributed by atoms with Gasteiger partial charge in [-0.15, -0.1) is 0 Å². The molecule has 4 heteroatoms. The Labute approximate surface area is 98.8 Å². The van der Waals surface area contributed by atoms with Crippen molar-refractivity contribution >= 4 is 0 Å². The van der Waals surface area contributed by atoms with Crippen LogP contribution in [-0.4, -0.2) is 55.0 Å². The average Bonchev–Trinajstić information content (AvgIpc) is 3.11. The smallest absolute Gasteiger partial charge is 0.0602 e. The first-order valence-corrected chi connectivity index (χ1v) is 6.42. The Morgan fingerprint density at radius 3 is 2.56 bits per heavy atom. The number of aliphatic hydroxyl groups excluding tert-OH is 1. The van der Waals surface area contributed by atoms with Crippen molar-refractivity contribution in [1.29, 1.82) is 0 Å². The van der Waals surface area contributed by atoms with E-state index in [0.29, 0.717) is 5.92 Å². The molecule has 2 unspecified atom stereocenters. The maximum atomic E-state index is 9.47. The van der Waals surface area contributed by atoms with Crippen LogP contribution in [-0.2, 0) is 4.74 Å². The van der Waals surface area contributed by atoms with Gasteiger partial charge in [0.05, 0.1) is 13.2 Å². The topological polar surface area (TPSA) is 58.7 Å². The molecule has 0 aliphatic heterocycles. The number of rotatable bonds is 9. The van der Waals surface area contributed by atoms with Crippen molar-refractivity contribution in [3.05, 3.63) is 0 Å². The average molecular weight is 230 g/mol. The van der Waals surface area contributed by atoms with E-state index >= 15 is 0 Å². The number of nitrogens with two attached hydrogens (primary N) is 1. The van der Waals surface area contributed by atoms with E-state index in [1.165, 1.54) is 12.8 Å². The van der Waals surface area contributed by atoms with E-state index in [4.69, 9.17) is 10.5 Å². The van der Waals surface area contributed by atoms with E-state index in [2.05, 4.69) is 11.8 Å². The molecule has 0 spiro atoms. The summed E-state index contributed by atoms with van der Waals surface area (Å²) in [6, 6.07) is 0.213. The van der Waals surface area contributed by atoms with E-state index in [0.717, 1.165) is 26.3 Å². The van der Waals surface area contributed by atoms with Gasteiger partial charge in [0.15, 0.2) is 0 Å². The van der Waals surface area contributed by atoms with Gasteiger partial charge >= 0.3 is 0 Å². The molecule has 0 saturated heterocycles. The van der Waals surface area contributed by atoms with E-state index < -0.39 is 0 Å². The molecular formula is C12H26N2O2. The van der Waals surface area contributed by atoms with Gasteiger partial charge in [-0.25, -0.2) is 0 Å². The molecule has 3 N–H and O–H groups in total. The first-order valence-electron chi connectivity index (χ1n) is 6.42. The minimum absolute atomic E-state index is 0.0953. The molecule has 1 aliphatic rings. The lowest BCUT2D eigenvalue weighted by atomic mass is 10.0. The van der Waals surface area contributed by atoms with Crippen molar-refractivity contribution in [1.82, 2.24) is 4.90 Å². The Hall–Kier alpha value is -0.160. The third-order valence-corrected chi connectivity index (χ3v) is 3.40. The summed E-state index contributed by atoms with van der Waals surface area (Å²) in [7, 11) is 0. The van der Waals surface area contributed by atoms with Crippen LogP contribution in [0.15, 0.2) is 0 Å². The van der Waals surface area contributed by atoms with E-state index in [1.54, 1.807) is 0 Å². The quantitative estimate of drug-likeness (QED) is 0.564. The predicted molar refractivity (Wildman–Crippen MR) is 65.3 cm³/mol. The summed E-state index contributed by atoms with van der Waals surface area (Å²) in [6.07, 6.45) is 2.45. The van der Waals surface area contributed by atoms with E-state index in [-0.39, 0.29) is 18.7 Å². The Bertz CT molecular complexity index is 186. The van der Waals surface area contributed by atoms with Gasteiger partial charge in [0.25, 0.3) is 0 Å². The highest BCUT2D eigenvalue weighted by Crippen LogP contribution is 2.33. The Morgan fingerprint density at radius 1 is 1.44 bits per heavy atom. The van der Waals surface area contributed by atoms with Crippen molar-refractivity contribution in [3.8, 4) is 0 Å². The second-order valence-electron chi connectivity index (χ2n) is 4.49. The molecule has 1 fully saturated rings. The number of aliphatic hydroxyl groups is 1. The number of nitrogens with zero attached hydrogens (tertiary/aromatic N) is 1. The maximum absolute atomic E-state index is 9.47. The zero-order valence-electron chi connectivity index (χ0n) is 10.6. The van der Waals surface area contributed by atoms with Gasteiger partial charge in [0.1, 0.15) is 0 Å². The van der Waals surface area contributed by atoms with Crippen LogP contribution in [0.4, 0.5) is 0 Å². The van der Waals surface area contributed by atoms with Crippen LogP contribution in [0.5, 0.6) is 0 Å². The Kier molecular flexibility index (Phi) is 6.28. The minimum atomic E-state index is 0.0953. The molecule has 0 aromatic rings. The molecule has 0 aromatic carbocycles. The first-order chi connectivity index (χ1) is 7.74. The molecule has 4 nitrogen and oxygen atoms in total. The zero-order valence-corrected chi connectivity index (χ0v) is 10.6. The Morgan fingerprint density at radius 2 is 2.12 bits per heavy atom. The van der Waals surface area contributed by atoms with E-state index in [1.807, 2.05) is 6.92 Å². The number of hydrogen-bond donors (Lipinski definition) is 2. The molecule has 0 heterocycles. The molecule has 16 heavy (non-hydrogen) atoms. The Balaban J connectivity index is 2.39. The first kappa shape index (κ1) is 13.9. The molecule has 2 atom stereocenters. The second-order valence-corrected chi connectivity index (χ2v) is 4.49. The monoisotopic (exact) mass is 230 g/mol. The van der Waals surface area contributed by atoms with Gasteiger partial charge in [-0.3, -0.25) is 4.90 Å². The molecule has 1 rings (SSSR count). The fourth-order valence-corrected chi connectivity index (χ4v) is 2.16. The SMILES string of the molecule is CCOCCN(CC)C(CO)C(N)C1CC1. The number of hydrogen-bond acceptors (Lipinski definition) is 4. The summed E-state index contributed by atoms with van der Waals surface area (Å²) in [4.78, 5) is 2.23. The molecule has 0 bridgehead atoms. The molecule has 96 valence electrons. The van der Waals surface area contributed by atoms with Gasteiger partial charge in [-0.1, -0.05) is 6.92 Å². The van der Waals surface area contributed by atoms with Crippen LogP contribution in [0.1, 0.15) is 26.7 Å². The predicted octanol–water partition coefficient (Wildman–Crippen LogP) is 0.443. The van der Waals surface area contributed by atoms with Gasteiger partial charge in [0, 0.05) is 25.2 Å². The van der Waals surface area contributed by atoms with Crippen molar-refractivity contribution < 1.29 is 9.84 Å². The molecule has 0 aromatic heterocycles. The van der Waals surface area contributed by atoms with Crippen molar-refractivity contribution in [3.63, 3.8) is 0 Å². The summed E-state index contributed by atoms with van der Waals surface area (Å²) in [5, 5.41) is 9.47. The highest BCUT2D eigenvalue weighted by atomic mass is 16.5. The van der Waals surface area contributed by atoms with Crippen molar-refractivity contribution in [2.24, 2.45) is 11.7 Å². The third kappa shape index (κ3) is 4.01. The van der Waals surface area contributed by atoms with Gasteiger partial charge in [0.2, 0.25) is 0 Å². The van der Waals surface area contributed by atoms with Crippen molar-refractivity contribution in [2.75, 3.05) is 32.9 Å². The maximum Gasteiger partial charge on any atom is 0.0602 e. The number of likely N-dealkylation sites (N-methyl/N-ethyl adjacent to an activating group) is 1. The fourth-order valence-electron chi connectivity index (χ4n) is 2.16. The number of ether oxygens (including phenoxy) is 1. The summed E-state index contributed by atoms with van der Waals surface area (Å²) in [5.74, 6) is 0.623. The minimum Gasteiger partial charge on any atom is -0.395 e. The lowest BCUT2D eigenvalue weighted by molar-refractivity contribution is 0.0618. The van der Waals surface area contributed by atoms with Crippen LogP contribution in [0.25, 0.3) is 0 Å². The molecular weight excluding hydrogens is 204 g/mol. The fraction of sp³-hybridized carbons (Fsp3) is 1.00. The lowest BCUT2D eigenvalue weighted by Gasteiger charge is -2.33. The van der Waals surface area contributed by atoms with Gasteiger partial charge < -0.3 is 15.6 Å². The molecule has 0 radical (unpaired) electrons. The largest absolute Gasteiger partial charge is 0.395 e. The van der Waals surface area contributed by atoms with Crippen molar-refractivity contribution in [2.45, 2.75) is 38.8 Å². The van der Waals surface area contributed by atoms with Gasteiger partial charge in [-0.2, -0.15) is 0 Å². The highest BCUT2D eigenvalue weighted by molar-refractivity contribution is 4.92. The zero-order chi connectivity index (χ0) is 12.0. The van der Waals surface area contributed by atoms with Crippen LogP contribution in [0.2, 0.25) is 0 Å². The normalized spacial score (nSPS) is 20.1. The second kappa shape index (κ2) is 7.22. The van der Waals surface area contributed by atoms with Crippen LogP contribution < -0.4 is 5.73 Å². The summed E-state index contributed by atoms with van der Waals surface area (Å²) >= 11 is 0. The lowest BCUT2D eigenvalue weighted by Crippen LogP contribution is -2.52. The van der Waals surface area contributed by atoms with Crippen LogP contribution in [0.3, 0.4) is 0 Å². The molecule has 1 saturated carbocycles. The molecule has 0 amide bonds. The van der Waals surface area contributed by atoms with E-state index in [9.17, 15) is 5.11 Å². The highest BCUT2D eigenvalue weighted by Gasteiger charge is 2.35. The summed E-state index contributed by atoms with van der Waals surface area (Å²) in [6.45, 7) is 7.49. The standard InChI is InChI=1S/C12H26N2O2/c1-3-14(7-8-16-4-2)11(9-15)12(13)10-5-6-10/h10-12,15H,3-9,13H2,1-2H3. The van der Waals surface area contributed by atoms with Gasteiger partial charge in [-0.05, 0) is 32.2 Å². The third-order valence-electron chi connectivity index (χ3n) is 3.40.